The van der Waals surface area contributed by atoms with Gasteiger partial charge in [-0.15, -0.1) is 0 Å². The Labute approximate surface area is 168 Å². The summed E-state index contributed by atoms with van der Waals surface area (Å²) in [5.74, 6) is 1.66. The predicted octanol–water partition coefficient (Wildman–Crippen LogP) is 3.07. The molecule has 0 atom stereocenters. The number of ketones is 1. The largest absolute Gasteiger partial charge is 0.488 e. The Morgan fingerprint density at radius 1 is 0.643 bits per heavy atom. The molecule has 0 heterocycles. The second-order valence-electron chi connectivity index (χ2n) is 9.47. The molecule has 0 amide bonds. The summed E-state index contributed by atoms with van der Waals surface area (Å²) in [7, 11) is 12.8. The van der Waals surface area contributed by atoms with Gasteiger partial charge in [-0.2, -0.15) is 0 Å². The van der Waals surface area contributed by atoms with E-state index >= 15 is 0 Å². The van der Waals surface area contributed by atoms with Crippen molar-refractivity contribution in [2.75, 3.05) is 68.6 Å². The molecule has 0 saturated heterocycles. The van der Waals surface area contributed by atoms with Gasteiger partial charge in [0.05, 0.1) is 42.3 Å². The lowest BCUT2D eigenvalue weighted by Gasteiger charge is -2.23. The predicted molar refractivity (Wildman–Crippen MR) is 112 cm³/mol. The van der Waals surface area contributed by atoms with Crippen molar-refractivity contribution in [1.29, 1.82) is 0 Å². The Bertz CT molecular complexity index is 805. The summed E-state index contributed by atoms with van der Waals surface area (Å²) in [6.45, 7) is 3.10. The highest BCUT2D eigenvalue weighted by Crippen LogP contribution is 2.40. The Kier molecular flexibility index (Phi) is 5.50. The van der Waals surface area contributed by atoms with Crippen LogP contribution in [0.15, 0.2) is 36.4 Å². The molecule has 0 aliphatic heterocycles. The first kappa shape index (κ1) is 20.4. The van der Waals surface area contributed by atoms with Crippen molar-refractivity contribution in [3.8, 4) is 22.6 Å². The van der Waals surface area contributed by atoms with Gasteiger partial charge in [0.2, 0.25) is 0 Å². The number of hydrogen-bond acceptors (Lipinski definition) is 3. The zero-order valence-electron chi connectivity index (χ0n) is 17.9. The molecule has 0 bridgehead atoms. The summed E-state index contributed by atoms with van der Waals surface area (Å²) in [4.78, 5) is 12.7. The maximum atomic E-state index is 12.7. The van der Waals surface area contributed by atoms with Crippen molar-refractivity contribution in [1.82, 2.24) is 0 Å². The second kappa shape index (κ2) is 7.57. The zero-order valence-corrected chi connectivity index (χ0v) is 17.9. The van der Waals surface area contributed by atoms with E-state index in [1.54, 1.807) is 0 Å². The molecule has 2 aromatic rings. The van der Waals surface area contributed by atoms with E-state index in [-0.39, 0.29) is 5.78 Å². The first-order valence-electron chi connectivity index (χ1n) is 9.73. The third-order valence-corrected chi connectivity index (χ3v) is 4.82. The number of carbonyl (C=O) groups is 1. The van der Waals surface area contributed by atoms with Crippen LogP contribution >= 0.6 is 0 Å². The number of likely N-dealkylation sites (N-methyl/N-ethyl adjacent to an activating group) is 2. The number of nitrogens with zero attached hydrogens (tertiary/aromatic N) is 2. The third-order valence-electron chi connectivity index (χ3n) is 4.82. The van der Waals surface area contributed by atoms with Crippen LogP contribution in [0.3, 0.4) is 0 Å². The third kappa shape index (κ3) is 4.91. The first-order chi connectivity index (χ1) is 13.0. The summed E-state index contributed by atoms with van der Waals surface area (Å²) in [6.07, 6.45) is 0. The van der Waals surface area contributed by atoms with Gasteiger partial charge in [0.1, 0.15) is 37.8 Å². The molecular formula is C23H32N2O3+2. The Balaban J connectivity index is 1.78. The summed E-state index contributed by atoms with van der Waals surface area (Å²) < 4.78 is 13.6. The maximum absolute atomic E-state index is 12.7. The van der Waals surface area contributed by atoms with Crippen LogP contribution in [0.4, 0.5) is 0 Å². The molecule has 28 heavy (non-hydrogen) atoms. The lowest BCUT2D eigenvalue weighted by Crippen LogP contribution is -2.38. The van der Waals surface area contributed by atoms with Crippen LogP contribution in [0.25, 0.3) is 11.1 Å². The molecule has 0 aromatic heterocycles. The van der Waals surface area contributed by atoms with Crippen molar-refractivity contribution < 1.29 is 23.2 Å². The van der Waals surface area contributed by atoms with Crippen LogP contribution in [0.1, 0.15) is 15.9 Å². The van der Waals surface area contributed by atoms with Crippen molar-refractivity contribution in [2.45, 2.75) is 0 Å². The van der Waals surface area contributed by atoms with Crippen LogP contribution in [0.2, 0.25) is 0 Å². The van der Waals surface area contributed by atoms with Gasteiger partial charge in [-0.1, -0.05) is 0 Å². The van der Waals surface area contributed by atoms with Crippen molar-refractivity contribution in [3.05, 3.63) is 47.5 Å². The van der Waals surface area contributed by atoms with Gasteiger partial charge in [-0.25, -0.2) is 0 Å². The van der Waals surface area contributed by atoms with E-state index in [0.717, 1.165) is 55.8 Å². The standard InChI is InChI=1S/C23H32N2O3/c1-24(2,3)11-13-27-17-7-9-19-21(15-17)22-16-18(8-10-20(22)23(19)26)28-14-12-25(4,5)6/h7-10,15-16H,11-14H2,1-6H3/q+2. The highest BCUT2D eigenvalue weighted by Gasteiger charge is 2.27. The Morgan fingerprint density at radius 3 is 1.39 bits per heavy atom. The average Bonchev–Trinajstić information content (AvgIpc) is 2.85. The van der Waals surface area contributed by atoms with Crippen LogP contribution in [0.5, 0.6) is 11.5 Å². The number of hydrogen-bond donors (Lipinski definition) is 0. The lowest BCUT2D eigenvalue weighted by atomic mass is 10.1. The van der Waals surface area contributed by atoms with Crippen LogP contribution in [-0.4, -0.2) is 83.3 Å². The van der Waals surface area contributed by atoms with E-state index in [2.05, 4.69) is 42.3 Å². The Morgan fingerprint density at radius 2 is 1.04 bits per heavy atom. The molecule has 0 N–H and O–H groups in total. The van der Waals surface area contributed by atoms with Gasteiger partial charge in [-0.05, 0) is 47.5 Å². The van der Waals surface area contributed by atoms with E-state index in [9.17, 15) is 4.79 Å². The SMILES string of the molecule is C[N+](C)(C)CCOc1ccc2c(c1)-c1cc(OCC[N+](C)(C)C)ccc1C2=O. The minimum Gasteiger partial charge on any atom is -0.488 e. The first-order valence-corrected chi connectivity index (χ1v) is 9.73. The van der Waals surface area contributed by atoms with Gasteiger partial charge >= 0.3 is 0 Å². The molecule has 0 spiro atoms. The molecule has 1 aliphatic rings. The van der Waals surface area contributed by atoms with Crippen molar-refractivity contribution in [2.24, 2.45) is 0 Å². The summed E-state index contributed by atoms with van der Waals surface area (Å²) >= 11 is 0. The number of benzene rings is 2. The molecule has 0 unspecified atom stereocenters. The minimum absolute atomic E-state index is 0.0702. The molecule has 0 fully saturated rings. The maximum Gasteiger partial charge on any atom is 0.194 e. The number of fused-ring (bicyclic) bond motifs is 3. The number of rotatable bonds is 8. The molecule has 0 saturated carbocycles. The number of carbonyl (C=O) groups excluding carboxylic acids is 1. The van der Waals surface area contributed by atoms with Gasteiger partial charge in [0, 0.05) is 11.1 Å². The molecule has 1 aliphatic carbocycles. The summed E-state index contributed by atoms with van der Waals surface area (Å²) in [6, 6.07) is 11.5. The molecule has 5 heteroatoms. The van der Waals surface area contributed by atoms with Gasteiger partial charge in [-0.3, -0.25) is 4.79 Å². The fraction of sp³-hybridized carbons (Fsp3) is 0.435. The minimum atomic E-state index is 0.0702. The monoisotopic (exact) mass is 384 g/mol. The smallest absolute Gasteiger partial charge is 0.194 e. The molecule has 3 rings (SSSR count). The molecule has 150 valence electrons. The van der Waals surface area contributed by atoms with Gasteiger partial charge in [0.15, 0.2) is 5.78 Å². The highest BCUT2D eigenvalue weighted by molar-refractivity contribution is 6.21. The molecule has 2 aromatic carbocycles. The van der Waals surface area contributed by atoms with Crippen molar-refractivity contribution in [3.63, 3.8) is 0 Å². The fourth-order valence-corrected chi connectivity index (χ4v) is 3.09. The zero-order chi connectivity index (χ0) is 20.5. The number of quaternary nitrogens is 2. The van der Waals surface area contributed by atoms with Gasteiger partial charge in [0.25, 0.3) is 0 Å². The van der Waals surface area contributed by atoms with E-state index in [0.29, 0.717) is 13.2 Å². The summed E-state index contributed by atoms with van der Waals surface area (Å²) in [5, 5.41) is 0. The topological polar surface area (TPSA) is 35.5 Å². The number of ether oxygens (including phenoxy) is 2. The molecule has 0 radical (unpaired) electrons. The lowest BCUT2D eigenvalue weighted by molar-refractivity contribution is -0.870. The van der Waals surface area contributed by atoms with E-state index in [4.69, 9.17) is 9.47 Å². The normalized spacial score (nSPS) is 13.3. The Hall–Kier alpha value is -2.37. The van der Waals surface area contributed by atoms with Crippen molar-refractivity contribution >= 4 is 5.78 Å². The van der Waals surface area contributed by atoms with E-state index in [1.165, 1.54) is 0 Å². The van der Waals surface area contributed by atoms with Crippen LogP contribution < -0.4 is 9.47 Å². The van der Waals surface area contributed by atoms with E-state index in [1.807, 2.05) is 36.4 Å². The molecule has 5 nitrogen and oxygen atoms in total. The van der Waals surface area contributed by atoms with Crippen LogP contribution in [0, 0.1) is 0 Å². The van der Waals surface area contributed by atoms with Gasteiger partial charge < -0.3 is 18.4 Å². The van der Waals surface area contributed by atoms with E-state index < -0.39 is 0 Å². The molecular weight excluding hydrogens is 352 g/mol. The average molecular weight is 385 g/mol. The quantitative estimate of drug-likeness (QED) is 0.560. The van der Waals surface area contributed by atoms with Crippen LogP contribution in [-0.2, 0) is 0 Å². The summed E-state index contributed by atoms with van der Waals surface area (Å²) in [5.41, 5.74) is 3.33. The fourth-order valence-electron chi connectivity index (χ4n) is 3.09. The highest BCUT2D eigenvalue weighted by atomic mass is 16.5. The second-order valence-corrected chi connectivity index (χ2v) is 9.47.